The number of aromatic nitrogens is 1. The van der Waals surface area contributed by atoms with Crippen LogP contribution in [0.4, 0.5) is 17.1 Å². The first kappa shape index (κ1) is 31.4. The summed E-state index contributed by atoms with van der Waals surface area (Å²) in [6, 6.07) is 65.6. The number of fused-ring (bicyclic) bond motifs is 7. The van der Waals surface area contributed by atoms with Crippen LogP contribution in [0.3, 0.4) is 0 Å². The van der Waals surface area contributed by atoms with Crippen molar-refractivity contribution in [1.29, 1.82) is 0 Å². The van der Waals surface area contributed by atoms with Gasteiger partial charge in [-0.1, -0.05) is 146 Å². The van der Waals surface area contributed by atoms with Crippen molar-refractivity contribution < 1.29 is 4.42 Å². The SMILES string of the molecule is C1=Cc2c(c3ccccc3n2-c2ccccc2N(c2ccc(-c3cccc4ccccc34)cc2)c2ccccc2-c2cccc3c2oc2ccccc23)CC1. The summed E-state index contributed by atoms with van der Waals surface area (Å²) in [4.78, 5) is 2.44. The Hall–Kier alpha value is -7.10. The fraction of sp³-hybridized carbons (Fsp3) is 0.0385. The molecular weight excluding hydrogens is 669 g/mol. The molecule has 260 valence electrons. The quantitative estimate of drug-likeness (QED) is 0.172. The Balaban J connectivity index is 1.16. The Bertz CT molecular complexity index is 3100. The van der Waals surface area contributed by atoms with Gasteiger partial charge in [-0.2, -0.15) is 0 Å². The Morgan fingerprint density at radius 2 is 1.15 bits per heavy atom. The number of furan rings is 1. The van der Waals surface area contributed by atoms with Crippen LogP contribution in [0.25, 0.3) is 77.6 Å². The van der Waals surface area contributed by atoms with Gasteiger partial charge in [0, 0.05) is 38.7 Å². The monoisotopic (exact) mass is 704 g/mol. The summed E-state index contributed by atoms with van der Waals surface area (Å²) in [5, 5.41) is 6.05. The van der Waals surface area contributed by atoms with Crippen molar-refractivity contribution in [2.75, 3.05) is 4.90 Å². The minimum atomic E-state index is 0.894. The van der Waals surface area contributed by atoms with E-state index in [0.29, 0.717) is 0 Å². The number of aryl methyl sites for hydroxylation is 1. The molecule has 0 saturated heterocycles. The van der Waals surface area contributed by atoms with Gasteiger partial charge in [0.25, 0.3) is 0 Å². The molecule has 55 heavy (non-hydrogen) atoms. The number of nitrogens with zero attached hydrogens (tertiary/aromatic N) is 2. The highest BCUT2D eigenvalue weighted by Crippen LogP contribution is 2.47. The van der Waals surface area contributed by atoms with Gasteiger partial charge in [-0.05, 0) is 88.8 Å². The van der Waals surface area contributed by atoms with Crippen LogP contribution >= 0.6 is 0 Å². The lowest BCUT2D eigenvalue weighted by atomic mass is 9.97. The molecule has 0 N–H and O–H groups in total. The van der Waals surface area contributed by atoms with Crippen LogP contribution in [0.2, 0.25) is 0 Å². The van der Waals surface area contributed by atoms with Gasteiger partial charge >= 0.3 is 0 Å². The third-order valence-electron chi connectivity index (χ3n) is 11.3. The van der Waals surface area contributed by atoms with E-state index in [1.807, 2.05) is 6.07 Å². The van der Waals surface area contributed by atoms with E-state index in [2.05, 4.69) is 198 Å². The number of hydrogen-bond donors (Lipinski definition) is 0. The minimum Gasteiger partial charge on any atom is -0.455 e. The second-order valence-corrected chi connectivity index (χ2v) is 14.4. The lowest BCUT2D eigenvalue weighted by Crippen LogP contribution is -2.14. The molecule has 0 atom stereocenters. The summed E-state index contributed by atoms with van der Waals surface area (Å²) in [6.07, 6.45) is 6.71. The number of allylic oxidation sites excluding steroid dienone is 1. The Morgan fingerprint density at radius 1 is 0.491 bits per heavy atom. The molecular formula is C52H36N2O. The Morgan fingerprint density at radius 3 is 2.05 bits per heavy atom. The molecule has 0 fully saturated rings. The highest BCUT2D eigenvalue weighted by atomic mass is 16.3. The van der Waals surface area contributed by atoms with Gasteiger partial charge in [0.1, 0.15) is 11.2 Å². The van der Waals surface area contributed by atoms with E-state index in [-0.39, 0.29) is 0 Å². The maximum Gasteiger partial charge on any atom is 0.143 e. The van der Waals surface area contributed by atoms with Crippen molar-refractivity contribution in [3.63, 3.8) is 0 Å². The van der Waals surface area contributed by atoms with Crippen LogP contribution in [-0.2, 0) is 6.42 Å². The zero-order valence-electron chi connectivity index (χ0n) is 30.2. The number of para-hydroxylation sites is 6. The zero-order valence-corrected chi connectivity index (χ0v) is 30.2. The predicted octanol–water partition coefficient (Wildman–Crippen LogP) is 14.4. The molecule has 8 aromatic carbocycles. The predicted molar refractivity (Wildman–Crippen MR) is 231 cm³/mol. The first-order chi connectivity index (χ1) is 27.3. The van der Waals surface area contributed by atoms with Gasteiger partial charge < -0.3 is 13.9 Å². The van der Waals surface area contributed by atoms with E-state index in [4.69, 9.17) is 4.42 Å². The fourth-order valence-electron chi connectivity index (χ4n) is 8.82. The summed E-state index contributed by atoms with van der Waals surface area (Å²) >= 11 is 0. The van der Waals surface area contributed by atoms with E-state index in [1.165, 1.54) is 44.1 Å². The number of hydrogen-bond acceptors (Lipinski definition) is 2. The number of anilines is 3. The molecule has 0 radical (unpaired) electrons. The van der Waals surface area contributed by atoms with Crippen molar-refractivity contribution in [3.8, 4) is 27.9 Å². The Labute approximate surface area is 319 Å². The van der Waals surface area contributed by atoms with Crippen LogP contribution < -0.4 is 4.90 Å². The molecule has 10 aromatic rings. The molecule has 0 spiro atoms. The van der Waals surface area contributed by atoms with Gasteiger partial charge in [-0.3, -0.25) is 0 Å². The van der Waals surface area contributed by atoms with Gasteiger partial charge in [-0.15, -0.1) is 0 Å². The average Bonchev–Trinajstić information content (AvgIpc) is 3.80. The summed E-state index contributed by atoms with van der Waals surface area (Å²) in [5.74, 6) is 0. The van der Waals surface area contributed by atoms with Gasteiger partial charge in [0.05, 0.1) is 22.6 Å². The standard InChI is InChI=1S/C52H36N2O/c1-2-17-38-35(15-1)16-13-22-39(38)36-31-33-37(34-32-36)53(46-25-7-5-20-42(46)44-23-14-24-45-43-21-6-12-30-51(43)55-52(44)45)49-28-10-11-29-50(49)54-47-26-8-3-18-40(47)41-19-4-9-27-48(41)54/h1-3,5-18,20-34H,4,19H2. The summed E-state index contributed by atoms with van der Waals surface area (Å²) in [6.45, 7) is 0. The van der Waals surface area contributed by atoms with E-state index >= 15 is 0 Å². The molecule has 0 aliphatic heterocycles. The van der Waals surface area contributed by atoms with Crippen molar-refractivity contribution >= 4 is 66.8 Å². The van der Waals surface area contributed by atoms with Gasteiger partial charge in [0.15, 0.2) is 0 Å². The van der Waals surface area contributed by atoms with Crippen molar-refractivity contribution in [1.82, 2.24) is 4.57 Å². The van der Waals surface area contributed by atoms with Crippen LogP contribution in [0.5, 0.6) is 0 Å². The second-order valence-electron chi connectivity index (χ2n) is 14.4. The topological polar surface area (TPSA) is 21.3 Å². The molecule has 11 rings (SSSR count). The zero-order chi connectivity index (χ0) is 36.3. The van der Waals surface area contributed by atoms with Crippen LogP contribution in [0, 0.1) is 0 Å². The van der Waals surface area contributed by atoms with E-state index < -0.39 is 0 Å². The van der Waals surface area contributed by atoms with E-state index in [1.54, 1.807) is 0 Å². The summed E-state index contributed by atoms with van der Waals surface area (Å²) < 4.78 is 9.11. The summed E-state index contributed by atoms with van der Waals surface area (Å²) in [5.41, 5.74) is 14.6. The molecule has 0 saturated carbocycles. The molecule has 3 nitrogen and oxygen atoms in total. The maximum atomic E-state index is 6.65. The minimum absolute atomic E-state index is 0.894. The largest absolute Gasteiger partial charge is 0.455 e. The molecule has 1 aliphatic carbocycles. The third-order valence-corrected chi connectivity index (χ3v) is 11.3. The molecule has 0 unspecified atom stereocenters. The van der Waals surface area contributed by atoms with Crippen molar-refractivity contribution in [2.45, 2.75) is 12.8 Å². The summed E-state index contributed by atoms with van der Waals surface area (Å²) in [7, 11) is 0. The van der Waals surface area contributed by atoms with E-state index in [0.717, 1.165) is 68.7 Å². The number of benzene rings is 8. The lowest BCUT2D eigenvalue weighted by Gasteiger charge is -2.30. The fourth-order valence-corrected chi connectivity index (χ4v) is 8.82. The van der Waals surface area contributed by atoms with Crippen LogP contribution in [-0.4, -0.2) is 4.57 Å². The second kappa shape index (κ2) is 12.8. The highest BCUT2D eigenvalue weighted by Gasteiger charge is 2.25. The van der Waals surface area contributed by atoms with Gasteiger partial charge in [0.2, 0.25) is 0 Å². The molecule has 3 heteroatoms. The van der Waals surface area contributed by atoms with E-state index in [9.17, 15) is 0 Å². The third kappa shape index (κ3) is 5.04. The lowest BCUT2D eigenvalue weighted by molar-refractivity contribution is 0.670. The molecule has 2 aromatic heterocycles. The van der Waals surface area contributed by atoms with Crippen LogP contribution in [0.15, 0.2) is 192 Å². The first-order valence-electron chi connectivity index (χ1n) is 19.1. The van der Waals surface area contributed by atoms with Crippen LogP contribution in [0.1, 0.15) is 17.7 Å². The smallest absolute Gasteiger partial charge is 0.143 e. The van der Waals surface area contributed by atoms with Crippen molar-refractivity contribution in [3.05, 3.63) is 199 Å². The van der Waals surface area contributed by atoms with Gasteiger partial charge in [-0.25, -0.2) is 0 Å². The first-order valence-corrected chi connectivity index (χ1v) is 19.1. The molecule has 1 aliphatic rings. The molecule has 0 amide bonds. The number of rotatable bonds is 6. The maximum absolute atomic E-state index is 6.65. The molecule has 0 bridgehead atoms. The normalized spacial score (nSPS) is 12.5. The Kier molecular flexibility index (Phi) is 7.31. The van der Waals surface area contributed by atoms with Crippen molar-refractivity contribution in [2.24, 2.45) is 0 Å². The highest BCUT2D eigenvalue weighted by molar-refractivity contribution is 6.11. The average molecular weight is 705 g/mol. The molecule has 2 heterocycles.